The molecule has 1 saturated heterocycles. The van der Waals surface area contributed by atoms with Crippen LogP contribution in [0.5, 0.6) is 0 Å². The third kappa shape index (κ3) is 14.8. The van der Waals surface area contributed by atoms with Gasteiger partial charge in [0.05, 0.1) is 25.1 Å². The van der Waals surface area contributed by atoms with Crippen LogP contribution in [0.25, 0.3) is 0 Å². The Hall–Kier alpha value is 0.440. The molecule has 4 unspecified atom stereocenters. The lowest BCUT2D eigenvalue weighted by Crippen LogP contribution is -2.48. The second-order valence-corrected chi connectivity index (χ2v) is 21.0. The summed E-state index contributed by atoms with van der Waals surface area (Å²) < 4.78 is 60.3. The quantitative estimate of drug-likeness (QED) is 0.133. The van der Waals surface area contributed by atoms with Crippen LogP contribution in [-0.2, 0) is 18.3 Å². The van der Waals surface area contributed by atoms with E-state index in [1.165, 1.54) is 0 Å². The first-order valence-corrected chi connectivity index (χ1v) is 24.8. The van der Waals surface area contributed by atoms with Crippen molar-refractivity contribution in [2.45, 2.75) is 55.4 Å². The molecule has 0 spiro atoms. The van der Waals surface area contributed by atoms with Crippen LogP contribution in [0.2, 0.25) is 0 Å². The normalized spacial score (nSPS) is 22.7. The number of hydrogen-bond donors (Lipinski definition) is 4. The molecule has 0 radical (unpaired) electrons. The van der Waals surface area contributed by atoms with Gasteiger partial charge < -0.3 is 19.6 Å². The molecule has 0 aromatic carbocycles. The summed E-state index contributed by atoms with van der Waals surface area (Å²) in [6.07, 6.45) is -0.446. The van der Waals surface area contributed by atoms with E-state index in [0.717, 1.165) is 0 Å². The maximum absolute atomic E-state index is 13.5. The lowest BCUT2D eigenvalue weighted by atomic mass is 10.4. The summed E-state index contributed by atoms with van der Waals surface area (Å²) in [5.41, 5.74) is 0. The van der Waals surface area contributed by atoms with Crippen molar-refractivity contribution < 1.29 is 37.8 Å². The molecule has 48 heavy (non-hydrogen) atoms. The lowest BCUT2D eigenvalue weighted by molar-refractivity contribution is 0.152. The van der Waals surface area contributed by atoms with Crippen molar-refractivity contribution in [1.82, 2.24) is 38.3 Å². The fourth-order valence-corrected chi connectivity index (χ4v) is 13.7. The van der Waals surface area contributed by atoms with Gasteiger partial charge in [0.1, 0.15) is 0 Å². The molecule has 0 saturated carbocycles. The van der Waals surface area contributed by atoms with Crippen LogP contribution in [0.4, 0.5) is 0 Å². The zero-order valence-electron chi connectivity index (χ0n) is 30.9. The highest BCUT2D eigenvalue weighted by atomic mass is 31.2. The van der Waals surface area contributed by atoms with Crippen molar-refractivity contribution in [3.8, 4) is 0 Å². The summed E-state index contributed by atoms with van der Waals surface area (Å²) in [4.78, 5) is 51.9. The van der Waals surface area contributed by atoms with E-state index in [1.54, 1.807) is 18.7 Å². The smallest absolute Gasteiger partial charge is 0.283 e. The van der Waals surface area contributed by atoms with Gasteiger partial charge in [-0.25, -0.2) is 18.7 Å². The highest BCUT2D eigenvalue weighted by Gasteiger charge is 2.35. The molecule has 1 aliphatic rings. The van der Waals surface area contributed by atoms with Crippen molar-refractivity contribution in [3.05, 3.63) is 0 Å². The Morgan fingerprint density at radius 2 is 0.479 bits per heavy atom. The molecule has 0 aromatic heterocycles. The number of hydrogen-bond acceptors (Lipinski definition) is 8. The zero-order chi connectivity index (χ0) is 36.8. The molecule has 1 rings (SSSR count). The molecule has 0 bridgehead atoms. The van der Waals surface area contributed by atoms with Crippen molar-refractivity contribution >= 4 is 30.1 Å². The van der Waals surface area contributed by atoms with Crippen LogP contribution >= 0.6 is 30.1 Å². The van der Waals surface area contributed by atoms with Gasteiger partial charge in [-0.2, -0.15) is 0 Å². The first-order chi connectivity index (χ1) is 22.4. The van der Waals surface area contributed by atoms with E-state index >= 15 is 0 Å². The van der Waals surface area contributed by atoms with Gasteiger partial charge in [0, 0.05) is 105 Å². The van der Waals surface area contributed by atoms with E-state index in [4.69, 9.17) is 0 Å². The largest absolute Gasteiger partial charge is 0.332 e. The van der Waals surface area contributed by atoms with Gasteiger partial charge in [0.15, 0.2) is 0 Å². The minimum absolute atomic E-state index is 0.111. The predicted octanol–water partition coefficient (Wildman–Crippen LogP) is 3.15. The van der Waals surface area contributed by atoms with Gasteiger partial charge >= 0.3 is 0 Å². The molecule has 16 nitrogen and oxygen atoms in total. The molecular formula is C28H68N8O8P4. The molecule has 4 N–H and O–H groups in total. The summed E-state index contributed by atoms with van der Waals surface area (Å²) in [5, 5.41) is 0. The second kappa shape index (κ2) is 21.8. The summed E-state index contributed by atoms with van der Waals surface area (Å²) in [5.74, 6) is 0. The van der Waals surface area contributed by atoms with Crippen molar-refractivity contribution in [1.29, 1.82) is 0 Å². The average molecular weight is 769 g/mol. The molecular weight excluding hydrogens is 700 g/mol. The minimum atomic E-state index is -3.74. The van der Waals surface area contributed by atoms with Gasteiger partial charge in [-0.05, 0) is 0 Å². The summed E-state index contributed by atoms with van der Waals surface area (Å²) in [6.45, 7) is 20.5. The van der Waals surface area contributed by atoms with E-state index < -0.39 is 30.1 Å². The van der Waals surface area contributed by atoms with Gasteiger partial charge in [-0.1, -0.05) is 55.4 Å². The van der Waals surface area contributed by atoms with E-state index in [2.05, 4.69) is 0 Å². The van der Waals surface area contributed by atoms with E-state index in [-0.39, 0.29) is 25.1 Å². The first-order valence-electron chi connectivity index (χ1n) is 17.6. The molecule has 288 valence electrons. The average Bonchev–Trinajstić information content (AvgIpc) is 2.99. The maximum atomic E-state index is 13.5. The molecule has 0 amide bonds. The fraction of sp³-hybridized carbons (Fsp3) is 1.00. The van der Waals surface area contributed by atoms with Gasteiger partial charge in [-0.15, -0.1) is 0 Å². The molecule has 1 heterocycles. The van der Waals surface area contributed by atoms with Crippen molar-refractivity contribution in [3.63, 3.8) is 0 Å². The maximum Gasteiger partial charge on any atom is 0.283 e. The van der Waals surface area contributed by atoms with Crippen LogP contribution < -0.4 is 0 Å². The van der Waals surface area contributed by atoms with Crippen LogP contribution in [0.3, 0.4) is 0 Å². The highest BCUT2D eigenvalue weighted by Crippen LogP contribution is 2.48. The molecule has 1 fully saturated rings. The molecule has 0 aliphatic carbocycles. The Morgan fingerprint density at radius 3 is 0.583 bits per heavy atom. The topological polar surface area (TPSA) is 175 Å². The Kier molecular flexibility index (Phi) is 21.1. The Bertz CT molecular complexity index is 927. The Labute approximate surface area is 291 Å². The second-order valence-electron chi connectivity index (χ2n) is 12.3. The van der Waals surface area contributed by atoms with Crippen LogP contribution in [-0.4, -0.2) is 188 Å². The van der Waals surface area contributed by atoms with Crippen molar-refractivity contribution in [2.75, 3.05) is 130 Å². The summed E-state index contributed by atoms with van der Waals surface area (Å²) in [7, 11) is -15.0. The van der Waals surface area contributed by atoms with Gasteiger partial charge in [0.25, 0.3) is 30.1 Å². The van der Waals surface area contributed by atoms with Gasteiger partial charge in [0.2, 0.25) is 0 Å². The minimum Gasteiger partial charge on any atom is -0.332 e. The number of rotatable bonds is 20. The van der Waals surface area contributed by atoms with Crippen LogP contribution in [0, 0.1) is 0 Å². The Morgan fingerprint density at radius 1 is 0.354 bits per heavy atom. The van der Waals surface area contributed by atoms with Gasteiger partial charge in [-0.3, -0.25) is 37.9 Å². The summed E-state index contributed by atoms with van der Waals surface area (Å²) in [6, 6.07) is 0. The first kappa shape index (κ1) is 46.5. The third-order valence-electron chi connectivity index (χ3n) is 9.15. The molecule has 4 atom stereocenters. The van der Waals surface area contributed by atoms with E-state index in [1.807, 2.05) is 75.0 Å². The standard InChI is InChI=1S/C28H68N8O8P4/c1-9-33(10-2)45(37,38)25-29-17-19-30(26-46(39,40)34(11-3)12-4)21-23-32(28-48(43,44)36(15-7)16-8)24-22-31(20-18-29)27-47(41,42)35(13-5)14-6/h9-28H2,1-8H3,(H,37,38)(H,39,40)(H,41,42)(H,43,44). The zero-order valence-corrected chi connectivity index (χ0v) is 34.5. The number of nitrogens with zero attached hydrogens (tertiary/aromatic N) is 8. The molecule has 1 aliphatic heterocycles. The SMILES string of the molecule is CCN(CC)P(=O)(O)CN1CCN(CP(=O)(O)N(CC)CC)CCN(CP(=O)(O)N(CC)CC)CCN(CP(=O)(O)N(CC)CC)CC1. The lowest BCUT2D eigenvalue weighted by Gasteiger charge is -2.38. The fourth-order valence-electron chi connectivity index (χ4n) is 6.21. The van der Waals surface area contributed by atoms with Crippen molar-refractivity contribution in [2.24, 2.45) is 0 Å². The van der Waals surface area contributed by atoms with E-state index in [0.29, 0.717) is 105 Å². The predicted molar refractivity (Wildman–Crippen MR) is 197 cm³/mol. The Balaban J connectivity index is 3.55. The molecule has 0 aromatic rings. The van der Waals surface area contributed by atoms with Crippen LogP contribution in [0.15, 0.2) is 0 Å². The molecule has 20 heteroatoms. The third-order valence-corrected chi connectivity index (χ3v) is 18.0. The van der Waals surface area contributed by atoms with Crippen LogP contribution in [0.1, 0.15) is 55.4 Å². The monoisotopic (exact) mass is 768 g/mol. The highest BCUT2D eigenvalue weighted by molar-refractivity contribution is 7.56. The summed E-state index contributed by atoms with van der Waals surface area (Å²) >= 11 is 0. The van der Waals surface area contributed by atoms with E-state index in [9.17, 15) is 37.8 Å².